The number of benzene rings is 2. The fraction of sp³-hybridized carbons (Fsp3) is 0.448. The molecule has 5 rings (SSSR count). The first-order chi connectivity index (χ1) is 17.2. The Kier molecular flexibility index (Phi) is 6.51. The van der Waals surface area contributed by atoms with Crippen LogP contribution in [-0.4, -0.2) is 52.3 Å². The van der Waals surface area contributed by atoms with Crippen molar-refractivity contribution in [2.45, 2.75) is 65.1 Å². The third kappa shape index (κ3) is 4.85. The van der Waals surface area contributed by atoms with Gasteiger partial charge in [0.25, 0.3) is 11.8 Å². The standard InChI is InChI=1S/C29H32N2O5/c1-29(2)12-14-30(15-13-29)17-19-6-8-20(9-7-19)18-36-25-5-3-4-22-26(25)28(35)31(27(22)34)23-11-10-21(32)16-24(23)33/h3-9,23H,10-18H2,1-2H3. The zero-order chi connectivity index (χ0) is 25.4. The normalized spacial score (nSPS) is 22.2. The highest BCUT2D eigenvalue weighted by Gasteiger charge is 2.45. The first kappa shape index (κ1) is 24.4. The van der Waals surface area contributed by atoms with Gasteiger partial charge in [-0.2, -0.15) is 0 Å². The molecule has 1 unspecified atom stereocenters. The Balaban J connectivity index is 1.24. The van der Waals surface area contributed by atoms with E-state index in [1.54, 1.807) is 18.2 Å². The second-order valence-electron chi connectivity index (χ2n) is 10.9. The second kappa shape index (κ2) is 9.62. The molecule has 0 N–H and O–H groups in total. The summed E-state index contributed by atoms with van der Waals surface area (Å²) in [7, 11) is 0. The molecule has 0 radical (unpaired) electrons. The predicted octanol–water partition coefficient (Wildman–Crippen LogP) is 4.17. The highest BCUT2D eigenvalue weighted by Crippen LogP contribution is 2.35. The molecule has 2 aromatic carbocycles. The van der Waals surface area contributed by atoms with Crippen LogP contribution in [0, 0.1) is 5.41 Å². The Morgan fingerprint density at radius 2 is 1.61 bits per heavy atom. The van der Waals surface area contributed by atoms with Crippen LogP contribution in [0.1, 0.15) is 77.8 Å². The van der Waals surface area contributed by atoms with Crippen LogP contribution in [0.5, 0.6) is 5.75 Å². The average Bonchev–Trinajstić information content (AvgIpc) is 3.10. The van der Waals surface area contributed by atoms with Crippen LogP contribution >= 0.6 is 0 Å². The smallest absolute Gasteiger partial charge is 0.266 e. The lowest BCUT2D eigenvalue weighted by Crippen LogP contribution is -2.47. The third-order valence-electron chi connectivity index (χ3n) is 7.69. The summed E-state index contributed by atoms with van der Waals surface area (Å²) >= 11 is 0. The van der Waals surface area contributed by atoms with E-state index >= 15 is 0 Å². The molecule has 2 amide bonds. The number of hydrogen-bond donors (Lipinski definition) is 0. The molecule has 7 nitrogen and oxygen atoms in total. The van der Waals surface area contributed by atoms with E-state index in [2.05, 4.69) is 30.9 Å². The largest absolute Gasteiger partial charge is 0.488 e. The summed E-state index contributed by atoms with van der Waals surface area (Å²) in [6, 6.07) is 12.3. The lowest BCUT2D eigenvalue weighted by Gasteiger charge is -2.36. The molecule has 188 valence electrons. The highest BCUT2D eigenvalue weighted by atomic mass is 16.5. The molecule has 3 aliphatic rings. The topological polar surface area (TPSA) is 84.0 Å². The van der Waals surface area contributed by atoms with Gasteiger partial charge in [0.1, 0.15) is 18.1 Å². The van der Waals surface area contributed by atoms with Gasteiger partial charge in [-0.1, -0.05) is 44.2 Å². The van der Waals surface area contributed by atoms with Crippen LogP contribution in [-0.2, 0) is 22.7 Å². The molecule has 0 bridgehead atoms. The Hall–Kier alpha value is -3.32. The first-order valence-electron chi connectivity index (χ1n) is 12.7. The maximum atomic E-state index is 13.2. The van der Waals surface area contributed by atoms with E-state index in [4.69, 9.17) is 4.74 Å². The van der Waals surface area contributed by atoms with Gasteiger partial charge < -0.3 is 4.74 Å². The van der Waals surface area contributed by atoms with Gasteiger partial charge in [0, 0.05) is 13.0 Å². The van der Waals surface area contributed by atoms with Crippen LogP contribution < -0.4 is 4.74 Å². The Bertz CT molecular complexity index is 1210. The van der Waals surface area contributed by atoms with E-state index in [-0.39, 0.29) is 48.6 Å². The summed E-state index contributed by atoms with van der Waals surface area (Å²) in [6.07, 6.45) is 2.57. The molecule has 2 fully saturated rings. The summed E-state index contributed by atoms with van der Waals surface area (Å²) in [4.78, 5) is 53.7. The van der Waals surface area contributed by atoms with Crippen molar-refractivity contribution >= 4 is 23.4 Å². The lowest BCUT2D eigenvalue weighted by atomic mass is 9.82. The summed E-state index contributed by atoms with van der Waals surface area (Å²) in [5, 5.41) is 0. The number of imide groups is 1. The van der Waals surface area contributed by atoms with Crippen molar-refractivity contribution in [1.82, 2.24) is 9.80 Å². The van der Waals surface area contributed by atoms with E-state index in [0.29, 0.717) is 11.2 Å². The van der Waals surface area contributed by atoms with Gasteiger partial charge in [0.2, 0.25) is 0 Å². The molecule has 1 atom stereocenters. The number of rotatable bonds is 6. The summed E-state index contributed by atoms with van der Waals surface area (Å²) in [5.41, 5.74) is 3.08. The van der Waals surface area contributed by atoms with E-state index in [0.717, 1.165) is 30.1 Å². The molecule has 2 aromatic rings. The monoisotopic (exact) mass is 488 g/mol. The number of amides is 2. The summed E-state index contributed by atoms with van der Waals surface area (Å²) in [5.74, 6) is -1.23. The van der Waals surface area contributed by atoms with Gasteiger partial charge in [-0.05, 0) is 61.0 Å². The van der Waals surface area contributed by atoms with E-state index in [9.17, 15) is 19.2 Å². The van der Waals surface area contributed by atoms with Crippen molar-refractivity contribution in [1.29, 1.82) is 0 Å². The summed E-state index contributed by atoms with van der Waals surface area (Å²) < 4.78 is 6.00. The molecule has 1 saturated heterocycles. The van der Waals surface area contributed by atoms with Gasteiger partial charge in [-0.3, -0.25) is 29.0 Å². The number of fused-ring (bicyclic) bond motifs is 1. The molecular formula is C29H32N2O5. The van der Waals surface area contributed by atoms with Gasteiger partial charge >= 0.3 is 0 Å². The summed E-state index contributed by atoms with van der Waals surface area (Å²) in [6.45, 7) is 8.08. The third-order valence-corrected chi connectivity index (χ3v) is 7.69. The maximum absolute atomic E-state index is 13.2. The van der Waals surface area contributed by atoms with Gasteiger partial charge in [-0.25, -0.2) is 0 Å². The minimum absolute atomic E-state index is 0.150. The van der Waals surface area contributed by atoms with Gasteiger partial charge in [0.15, 0.2) is 5.78 Å². The molecule has 0 spiro atoms. The minimum Gasteiger partial charge on any atom is -0.488 e. The zero-order valence-electron chi connectivity index (χ0n) is 20.9. The van der Waals surface area contributed by atoms with Crippen molar-refractivity contribution in [3.05, 3.63) is 64.7 Å². The first-order valence-corrected chi connectivity index (χ1v) is 12.7. The number of ketones is 2. The van der Waals surface area contributed by atoms with Crippen molar-refractivity contribution in [3.8, 4) is 5.75 Å². The Morgan fingerprint density at radius 3 is 2.31 bits per heavy atom. The van der Waals surface area contributed by atoms with Gasteiger partial charge in [-0.15, -0.1) is 0 Å². The molecule has 2 aliphatic heterocycles. The fourth-order valence-corrected chi connectivity index (χ4v) is 5.28. The number of piperidine rings is 1. The van der Waals surface area contributed by atoms with Gasteiger partial charge in [0.05, 0.1) is 23.6 Å². The minimum atomic E-state index is -0.888. The molecule has 0 aromatic heterocycles. The van der Waals surface area contributed by atoms with Crippen molar-refractivity contribution in [2.75, 3.05) is 13.1 Å². The molecular weight excluding hydrogens is 456 g/mol. The number of ether oxygens (including phenoxy) is 1. The molecule has 36 heavy (non-hydrogen) atoms. The Morgan fingerprint density at radius 1 is 0.917 bits per heavy atom. The lowest BCUT2D eigenvalue weighted by molar-refractivity contribution is -0.132. The van der Waals surface area contributed by atoms with E-state index < -0.39 is 17.9 Å². The number of hydrogen-bond acceptors (Lipinski definition) is 6. The number of carbonyl (C=O) groups is 4. The Labute approximate surface area is 211 Å². The number of likely N-dealkylation sites (tertiary alicyclic amines) is 1. The second-order valence-corrected chi connectivity index (χ2v) is 10.9. The van der Waals surface area contributed by atoms with E-state index in [1.807, 2.05) is 12.1 Å². The SMILES string of the molecule is CC1(C)CCN(Cc2ccc(COc3cccc4c3C(=O)N(C3CCC(=O)CC3=O)C4=O)cc2)CC1. The van der Waals surface area contributed by atoms with Crippen molar-refractivity contribution < 1.29 is 23.9 Å². The van der Waals surface area contributed by atoms with Crippen LogP contribution in [0.15, 0.2) is 42.5 Å². The zero-order valence-corrected chi connectivity index (χ0v) is 20.9. The molecule has 2 heterocycles. The van der Waals surface area contributed by atoms with E-state index in [1.165, 1.54) is 18.4 Å². The molecule has 1 aliphatic carbocycles. The average molecular weight is 489 g/mol. The number of carbonyl (C=O) groups excluding carboxylic acids is 4. The number of Topliss-reactive ketones (excluding diaryl/α,β-unsaturated/α-hetero) is 2. The van der Waals surface area contributed by atoms with Crippen LogP contribution in [0.3, 0.4) is 0 Å². The highest BCUT2D eigenvalue weighted by molar-refractivity contribution is 6.24. The van der Waals surface area contributed by atoms with Crippen LogP contribution in [0.25, 0.3) is 0 Å². The molecule has 7 heteroatoms. The van der Waals surface area contributed by atoms with Crippen molar-refractivity contribution in [3.63, 3.8) is 0 Å². The quantitative estimate of drug-likeness (QED) is 0.448. The van der Waals surface area contributed by atoms with Crippen LogP contribution in [0.2, 0.25) is 0 Å². The molecule has 1 saturated carbocycles. The maximum Gasteiger partial charge on any atom is 0.266 e. The van der Waals surface area contributed by atoms with Crippen LogP contribution in [0.4, 0.5) is 0 Å². The fourth-order valence-electron chi connectivity index (χ4n) is 5.28. The number of nitrogens with zero attached hydrogens (tertiary/aromatic N) is 2. The van der Waals surface area contributed by atoms with Crippen molar-refractivity contribution in [2.24, 2.45) is 5.41 Å². The predicted molar refractivity (Wildman–Crippen MR) is 134 cm³/mol.